The van der Waals surface area contributed by atoms with Crippen LogP contribution in [0.3, 0.4) is 0 Å². The minimum absolute atomic E-state index is 0.101. The van der Waals surface area contributed by atoms with Crippen LogP contribution in [0.15, 0.2) is 0 Å². The normalized spacial score (nSPS) is 32.0. The van der Waals surface area contributed by atoms with Gasteiger partial charge in [0, 0.05) is 25.2 Å². The highest BCUT2D eigenvalue weighted by Gasteiger charge is 2.25. The maximum absolute atomic E-state index is 10.6. The summed E-state index contributed by atoms with van der Waals surface area (Å²) in [5.74, 6) is 0. The van der Waals surface area contributed by atoms with Crippen LogP contribution in [0.4, 0.5) is 4.79 Å². The minimum atomic E-state index is -0.814. The van der Waals surface area contributed by atoms with Crippen LogP contribution in [0.25, 0.3) is 0 Å². The molecule has 0 saturated carbocycles. The van der Waals surface area contributed by atoms with Gasteiger partial charge in [0.2, 0.25) is 0 Å². The van der Waals surface area contributed by atoms with Gasteiger partial charge in [-0.05, 0) is 13.8 Å². The molecular formula is C7H14N2O2. The highest BCUT2D eigenvalue weighted by atomic mass is 16.4. The van der Waals surface area contributed by atoms with Crippen LogP contribution >= 0.6 is 0 Å². The summed E-state index contributed by atoms with van der Waals surface area (Å²) in [6, 6.07) is 0.381. The van der Waals surface area contributed by atoms with Crippen molar-refractivity contribution in [2.75, 3.05) is 13.1 Å². The Kier molecular flexibility index (Phi) is 2.34. The zero-order valence-electron chi connectivity index (χ0n) is 6.87. The number of nitrogens with one attached hydrogen (secondary N) is 1. The van der Waals surface area contributed by atoms with E-state index in [1.807, 2.05) is 13.8 Å². The van der Waals surface area contributed by atoms with Gasteiger partial charge in [0.05, 0.1) is 0 Å². The number of carbonyl (C=O) groups is 1. The molecule has 2 N–H and O–H groups in total. The lowest BCUT2D eigenvalue weighted by Gasteiger charge is -2.35. The van der Waals surface area contributed by atoms with Gasteiger partial charge in [0.15, 0.2) is 0 Å². The molecule has 0 radical (unpaired) electrons. The number of nitrogens with zero attached hydrogens (tertiary/aromatic N) is 1. The second-order valence-corrected chi connectivity index (χ2v) is 3.09. The van der Waals surface area contributed by atoms with Crippen molar-refractivity contribution in [1.29, 1.82) is 0 Å². The third-order valence-electron chi connectivity index (χ3n) is 2.01. The molecule has 0 bridgehead atoms. The number of carboxylic acid groups (broad SMARTS) is 1. The summed E-state index contributed by atoms with van der Waals surface area (Å²) < 4.78 is 0. The summed E-state index contributed by atoms with van der Waals surface area (Å²) in [6.45, 7) is 5.25. The van der Waals surface area contributed by atoms with Crippen molar-refractivity contribution in [2.24, 2.45) is 0 Å². The Hall–Kier alpha value is -0.770. The van der Waals surface area contributed by atoms with Crippen LogP contribution in [-0.4, -0.2) is 41.3 Å². The Balaban J connectivity index is 2.54. The third kappa shape index (κ3) is 1.83. The van der Waals surface area contributed by atoms with Gasteiger partial charge in [-0.15, -0.1) is 0 Å². The zero-order valence-corrected chi connectivity index (χ0v) is 6.87. The number of hydrogen-bond acceptors (Lipinski definition) is 2. The molecule has 0 aromatic heterocycles. The fourth-order valence-electron chi connectivity index (χ4n) is 1.29. The summed E-state index contributed by atoms with van der Waals surface area (Å²) in [5.41, 5.74) is 0. The van der Waals surface area contributed by atoms with E-state index in [0.29, 0.717) is 6.54 Å². The van der Waals surface area contributed by atoms with Crippen LogP contribution in [0.5, 0.6) is 0 Å². The Labute approximate surface area is 66.2 Å². The van der Waals surface area contributed by atoms with Gasteiger partial charge in [0.1, 0.15) is 0 Å². The third-order valence-corrected chi connectivity index (χ3v) is 2.01. The van der Waals surface area contributed by atoms with Crippen LogP contribution in [0, 0.1) is 0 Å². The van der Waals surface area contributed by atoms with Crippen molar-refractivity contribution < 1.29 is 9.90 Å². The van der Waals surface area contributed by atoms with Gasteiger partial charge in [-0.1, -0.05) is 0 Å². The molecule has 1 amide bonds. The van der Waals surface area contributed by atoms with Crippen LogP contribution in [-0.2, 0) is 0 Å². The molecule has 0 aromatic rings. The summed E-state index contributed by atoms with van der Waals surface area (Å²) in [5, 5.41) is 11.9. The first-order valence-electron chi connectivity index (χ1n) is 3.84. The summed E-state index contributed by atoms with van der Waals surface area (Å²) in [6.07, 6.45) is -0.814. The second kappa shape index (κ2) is 3.09. The molecule has 0 aliphatic carbocycles. The van der Waals surface area contributed by atoms with E-state index >= 15 is 0 Å². The van der Waals surface area contributed by atoms with Crippen LogP contribution < -0.4 is 5.32 Å². The molecule has 11 heavy (non-hydrogen) atoms. The van der Waals surface area contributed by atoms with Gasteiger partial charge in [-0.25, -0.2) is 4.79 Å². The fraction of sp³-hybridized carbons (Fsp3) is 0.857. The maximum Gasteiger partial charge on any atom is 0.407 e. The van der Waals surface area contributed by atoms with E-state index in [2.05, 4.69) is 5.32 Å². The van der Waals surface area contributed by atoms with E-state index < -0.39 is 6.09 Å². The van der Waals surface area contributed by atoms with Crippen molar-refractivity contribution in [3.05, 3.63) is 0 Å². The molecule has 1 fully saturated rings. The van der Waals surface area contributed by atoms with E-state index in [1.54, 1.807) is 0 Å². The van der Waals surface area contributed by atoms with E-state index in [0.717, 1.165) is 6.54 Å². The summed E-state index contributed by atoms with van der Waals surface area (Å²) >= 11 is 0. The van der Waals surface area contributed by atoms with Crippen molar-refractivity contribution in [3.8, 4) is 0 Å². The topological polar surface area (TPSA) is 52.6 Å². The lowest BCUT2D eigenvalue weighted by Crippen LogP contribution is -2.55. The Bertz CT molecular complexity index is 161. The average Bonchev–Trinajstić information content (AvgIpc) is 1.94. The van der Waals surface area contributed by atoms with Crippen molar-refractivity contribution in [3.63, 3.8) is 0 Å². The van der Waals surface area contributed by atoms with Crippen LogP contribution in [0.1, 0.15) is 13.8 Å². The molecule has 1 saturated heterocycles. The van der Waals surface area contributed by atoms with Crippen molar-refractivity contribution in [1.82, 2.24) is 10.2 Å². The number of rotatable bonds is 0. The first-order valence-corrected chi connectivity index (χ1v) is 3.84. The first-order chi connectivity index (χ1) is 5.11. The standard InChI is InChI=1S/C7H14N2O2/c1-5-4-9(7(10)11)6(2)3-8-5/h5-6,8H,3-4H2,1-2H3,(H,10,11)/t5?,6-/m1/s1. The molecule has 1 aliphatic heterocycles. The predicted molar refractivity (Wildman–Crippen MR) is 41.7 cm³/mol. The van der Waals surface area contributed by atoms with E-state index in [4.69, 9.17) is 5.11 Å². The molecule has 1 aliphatic rings. The smallest absolute Gasteiger partial charge is 0.407 e. The van der Waals surface area contributed by atoms with Gasteiger partial charge >= 0.3 is 6.09 Å². The molecule has 4 heteroatoms. The molecule has 1 heterocycles. The zero-order chi connectivity index (χ0) is 8.43. The summed E-state index contributed by atoms with van der Waals surface area (Å²) in [7, 11) is 0. The van der Waals surface area contributed by atoms with Crippen molar-refractivity contribution >= 4 is 6.09 Å². The number of amides is 1. The maximum atomic E-state index is 10.6. The largest absolute Gasteiger partial charge is 0.465 e. The van der Waals surface area contributed by atoms with Crippen molar-refractivity contribution in [2.45, 2.75) is 25.9 Å². The predicted octanol–water partition coefficient (Wildman–Crippen LogP) is 0.347. The van der Waals surface area contributed by atoms with Crippen LogP contribution in [0.2, 0.25) is 0 Å². The van der Waals surface area contributed by atoms with Gasteiger partial charge < -0.3 is 15.3 Å². The SMILES string of the molecule is CC1CN(C(=O)O)[C@H](C)CN1. The molecule has 1 rings (SSSR count). The Morgan fingerprint density at radius 2 is 2.27 bits per heavy atom. The quantitative estimate of drug-likeness (QED) is 0.534. The van der Waals surface area contributed by atoms with Gasteiger partial charge in [-0.2, -0.15) is 0 Å². The molecule has 0 aromatic carbocycles. The Morgan fingerprint density at radius 1 is 1.64 bits per heavy atom. The minimum Gasteiger partial charge on any atom is -0.465 e. The molecular weight excluding hydrogens is 144 g/mol. The lowest BCUT2D eigenvalue weighted by molar-refractivity contribution is 0.107. The molecule has 1 unspecified atom stereocenters. The summed E-state index contributed by atoms with van der Waals surface area (Å²) in [4.78, 5) is 12.1. The fourth-order valence-corrected chi connectivity index (χ4v) is 1.29. The van der Waals surface area contributed by atoms with E-state index in [-0.39, 0.29) is 12.1 Å². The first kappa shape index (κ1) is 8.33. The number of hydrogen-bond donors (Lipinski definition) is 2. The number of piperazine rings is 1. The molecule has 2 atom stereocenters. The second-order valence-electron chi connectivity index (χ2n) is 3.09. The highest BCUT2D eigenvalue weighted by Crippen LogP contribution is 2.05. The molecule has 0 spiro atoms. The van der Waals surface area contributed by atoms with Gasteiger partial charge in [-0.3, -0.25) is 0 Å². The lowest BCUT2D eigenvalue weighted by atomic mass is 10.1. The van der Waals surface area contributed by atoms with E-state index in [9.17, 15) is 4.79 Å². The van der Waals surface area contributed by atoms with Gasteiger partial charge in [0.25, 0.3) is 0 Å². The molecule has 4 nitrogen and oxygen atoms in total. The molecule has 64 valence electrons. The average molecular weight is 158 g/mol. The van der Waals surface area contributed by atoms with E-state index in [1.165, 1.54) is 4.90 Å². The monoisotopic (exact) mass is 158 g/mol. The Morgan fingerprint density at radius 3 is 2.73 bits per heavy atom. The highest BCUT2D eigenvalue weighted by molar-refractivity contribution is 5.65.